The zero-order chi connectivity index (χ0) is 15.2. The Balaban J connectivity index is 2.18. The molecule has 1 aromatic heterocycles. The van der Waals surface area contributed by atoms with Crippen LogP contribution in [0.1, 0.15) is 20.3 Å². The van der Waals surface area contributed by atoms with Gasteiger partial charge in [0.2, 0.25) is 5.95 Å². The van der Waals surface area contributed by atoms with E-state index in [1.54, 1.807) is 7.05 Å². The summed E-state index contributed by atoms with van der Waals surface area (Å²) in [5.41, 5.74) is 0.704. The van der Waals surface area contributed by atoms with E-state index in [4.69, 9.17) is 4.74 Å². The smallest absolute Gasteiger partial charge is 0.224 e. The van der Waals surface area contributed by atoms with Gasteiger partial charge in [0.25, 0.3) is 0 Å². The van der Waals surface area contributed by atoms with Crippen molar-refractivity contribution in [2.75, 3.05) is 17.7 Å². The lowest BCUT2D eigenvalue weighted by Crippen LogP contribution is -2.09. The van der Waals surface area contributed by atoms with Gasteiger partial charge in [-0.25, -0.2) is 9.37 Å². The molecule has 2 N–H and O–H groups in total. The number of hydrogen-bond acceptors (Lipinski definition) is 5. The van der Waals surface area contributed by atoms with Crippen molar-refractivity contribution in [2.24, 2.45) is 0 Å². The van der Waals surface area contributed by atoms with E-state index in [-0.39, 0.29) is 11.9 Å². The summed E-state index contributed by atoms with van der Waals surface area (Å²) < 4.78 is 19.4. The van der Waals surface area contributed by atoms with Gasteiger partial charge in [-0.15, -0.1) is 0 Å². The van der Waals surface area contributed by atoms with Crippen molar-refractivity contribution in [2.45, 2.75) is 26.4 Å². The summed E-state index contributed by atoms with van der Waals surface area (Å²) in [5.74, 6) is 0.695. The zero-order valence-electron chi connectivity index (χ0n) is 12.4. The number of rotatable bonds is 6. The second kappa shape index (κ2) is 6.88. The summed E-state index contributed by atoms with van der Waals surface area (Å²) in [7, 11) is 1.68. The zero-order valence-corrected chi connectivity index (χ0v) is 12.4. The Morgan fingerprint density at radius 2 is 2.19 bits per heavy atom. The van der Waals surface area contributed by atoms with Crippen molar-refractivity contribution >= 4 is 17.5 Å². The molecule has 1 atom stereocenters. The molecular formula is C15H19FN4O. The molecule has 5 nitrogen and oxygen atoms in total. The maximum Gasteiger partial charge on any atom is 0.224 e. The Morgan fingerprint density at radius 1 is 1.38 bits per heavy atom. The third-order valence-electron chi connectivity index (χ3n) is 2.98. The minimum atomic E-state index is -0.512. The molecule has 0 amide bonds. The first-order valence-electron chi connectivity index (χ1n) is 6.86. The van der Waals surface area contributed by atoms with Crippen LogP contribution in [-0.2, 0) is 0 Å². The number of hydrogen-bond donors (Lipinski definition) is 2. The third kappa shape index (κ3) is 4.05. The van der Waals surface area contributed by atoms with Crippen LogP contribution in [0.3, 0.4) is 0 Å². The first kappa shape index (κ1) is 15.0. The quantitative estimate of drug-likeness (QED) is 0.851. The van der Waals surface area contributed by atoms with Gasteiger partial charge in [-0.05, 0) is 25.5 Å². The molecule has 1 aromatic carbocycles. The van der Waals surface area contributed by atoms with Crippen LogP contribution in [0.4, 0.5) is 21.8 Å². The number of anilines is 3. The van der Waals surface area contributed by atoms with Crippen molar-refractivity contribution in [3.63, 3.8) is 0 Å². The first-order chi connectivity index (χ1) is 10.1. The standard InChI is InChI=1S/C15H19FN4O/c1-4-10(2)21-12-7-5-6-11(8-12)19-14-13(16)9-18-15(17-3)20-14/h5-10H,4H2,1-3H3,(H2,17,18,19,20). The van der Waals surface area contributed by atoms with Crippen LogP contribution >= 0.6 is 0 Å². The highest BCUT2D eigenvalue weighted by Gasteiger charge is 2.08. The maximum atomic E-state index is 13.7. The summed E-state index contributed by atoms with van der Waals surface area (Å²) in [6, 6.07) is 7.35. The first-order valence-corrected chi connectivity index (χ1v) is 6.86. The van der Waals surface area contributed by atoms with Crippen LogP contribution < -0.4 is 15.4 Å². The Bertz CT molecular complexity index is 606. The SMILES string of the molecule is CCC(C)Oc1cccc(Nc2nc(NC)ncc2F)c1. The molecule has 0 aliphatic carbocycles. The molecule has 0 aliphatic rings. The minimum absolute atomic E-state index is 0.120. The fraction of sp³-hybridized carbons (Fsp3) is 0.333. The van der Waals surface area contributed by atoms with E-state index in [1.807, 2.05) is 31.2 Å². The second-order valence-corrected chi connectivity index (χ2v) is 4.63. The molecule has 1 unspecified atom stereocenters. The van der Waals surface area contributed by atoms with E-state index in [0.29, 0.717) is 11.6 Å². The molecule has 0 radical (unpaired) electrons. The third-order valence-corrected chi connectivity index (χ3v) is 2.98. The van der Waals surface area contributed by atoms with Crippen molar-refractivity contribution in [3.05, 3.63) is 36.3 Å². The minimum Gasteiger partial charge on any atom is -0.491 e. The number of halogens is 1. The molecule has 1 heterocycles. The van der Waals surface area contributed by atoms with Crippen molar-refractivity contribution in [1.82, 2.24) is 9.97 Å². The topological polar surface area (TPSA) is 59.1 Å². The molecular weight excluding hydrogens is 271 g/mol. The molecule has 2 aromatic rings. The van der Waals surface area contributed by atoms with Gasteiger partial charge in [-0.2, -0.15) is 4.98 Å². The lowest BCUT2D eigenvalue weighted by atomic mass is 10.2. The average Bonchev–Trinajstić information content (AvgIpc) is 2.49. The summed E-state index contributed by atoms with van der Waals surface area (Å²) in [6.45, 7) is 4.06. The number of nitrogens with one attached hydrogen (secondary N) is 2. The van der Waals surface area contributed by atoms with Gasteiger partial charge in [0, 0.05) is 18.8 Å². The number of nitrogens with zero attached hydrogens (tertiary/aromatic N) is 2. The van der Waals surface area contributed by atoms with E-state index >= 15 is 0 Å². The summed E-state index contributed by atoms with van der Waals surface area (Å²) in [5, 5.41) is 5.70. The van der Waals surface area contributed by atoms with Crippen molar-refractivity contribution < 1.29 is 9.13 Å². The monoisotopic (exact) mass is 290 g/mol. The van der Waals surface area contributed by atoms with Gasteiger partial charge < -0.3 is 15.4 Å². The fourth-order valence-corrected chi connectivity index (χ4v) is 1.67. The molecule has 0 aliphatic heterocycles. The molecule has 0 saturated carbocycles. The lowest BCUT2D eigenvalue weighted by molar-refractivity contribution is 0.217. The highest BCUT2D eigenvalue weighted by atomic mass is 19.1. The van der Waals surface area contributed by atoms with Gasteiger partial charge in [0.1, 0.15) is 5.75 Å². The van der Waals surface area contributed by atoms with Gasteiger partial charge >= 0.3 is 0 Å². The van der Waals surface area contributed by atoms with Gasteiger partial charge in [0.15, 0.2) is 11.6 Å². The van der Waals surface area contributed by atoms with Crippen LogP contribution in [0.5, 0.6) is 5.75 Å². The molecule has 0 bridgehead atoms. The Hall–Kier alpha value is -2.37. The van der Waals surface area contributed by atoms with Crippen LogP contribution in [0, 0.1) is 5.82 Å². The van der Waals surface area contributed by atoms with Crippen LogP contribution in [-0.4, -0.2) is 23.1 Å². The summed E-state index contributed by atoms with van der Waals surface area (Å²) in [4.78, 5) is 7.85. The molecule has 6 heteroatoms. The molecule has 2 rings (SSSR count). The van der Waals surface area contributed by atoms with E-state index in [9.17, 15) is 4.39 Å². The Morgan fingerprint density at radius 3 is 2.90 bits per heavy atom. The normalized spacial score (nSPS) is 11.8. The average molecular weight is 290 g/mol. The van der Waals surface area contributed by atoms with Gasteiger partial charge in [-0.3, -0.25) is 0 Å². The number of ether oxygens (including phenoxy) is 1. The highest BCUT2D eigenvalue weighted by molar-refractivity contribution is 5.59. The fourth-order valence-electron chi connectivity index (χ4n) is 1.67. The number of aromatic nitrogens is 2. The van der Waals surface area contributed by atoms with E-state index in [2.05, 4.69) is 27.5 Å². The van der Waals surface area contributed by atoms with Gasteiger partial charge in [0.05, 0.1) is 12.3 Å². The molecule has 21 heavy (non-hydrogen) atoms. The Kier molecular flexibility index (Phi) is 4.92. The highest BCUT2D eigenvalue weighted by Crippen LogP contribution is 2.23. The largest absolute Gasteiger partial charge is 0.491 e. The Labute approximate surface area is 123 Å². The lowest BCUT2D eigenvalue weighted by Gasteiger charge is -2.14. The molecule has 112 valence electrons. The van der Waals surface area contributed by atoms with Crippen LogP contribution in [0.25, 0.3) is 0 Å². The molecule has 0 saturated heterocycles. The molecule has 0 spiro atoms. The van der Waals surface area contributed by atoms with Crippen molar-refractivity contribution in [3.8, 4) is 5.75 Å². The number of benzene rings is 1. The van der Waals surface area contributed by atoms with E-state index in [0.717, 1.165) is 18.4 Å². The second-order valence-electron chi connectivity index (χ2n) is 4.63. The van der Waals surface area contributed by atoms with Gasteiger partial charge in [-0.1, -0.05) is 13.0 Å². The van der Waals surface area contributed by atoms with Crippen LogP contribution in [0.2, 0.25) is 0 Å². The van der Waals surface area contributed by atoms with E-state index < -0.39 is 5.82 Å². The summed E-state index contributed by atoms with van der Waals surface area (Å²) in [6.07, 6.45) is 2.18. The summed E-state index contributed by atoms with van der Waals surface area (Å²) >= 11 is 0. The predicted octanol–water partition coefficient (Wildman–Crippen LogP) is 3.58. The van der Waals surface area contributed by atoms with E-state index in [1.165, 1.54) is 0 Å². The predicted molar refractivity (Wildman–Crippen MR) is 81.6 cm³/mol. The van der Waals surface area contributed by atoms with Crippen LogP contribution in [0.15, 0.2) is 30.5 Å². The molecule has 0 fully saturated rings. The van der Waals surface area contributed by atoms with Crippen molar-refractivity contribution in [1.29, 1.82) is 0 Å². The maximum absolute atomic E-state index is 13.7.